The second-order valence-electron chi connectivity index (χ2n) is 4.72. The van der Waals surface area contributed by atoms with Crippen LogP contribution in [0, 0.1) is 6.92 Å². The molecule has 1 amide bonds. The quantitative estimate of drug-likeness (QED) is 0.805. The van der Waals surface area contributed by atoms with Crippen LogP contribution in [-0.4, -0.2) is 17.4 Å². The van der Waals surface area contributed by atoms with Gasteiger partial charge in [-0.05, 0) is 36.8 Å². The van der Waals surface area contributed by atoms with Gasteiger partial charge in [0.15, 0.2) is 0 Å². The lowest BCUT2D eigenvalue weighted by Crippen LogP contribution is -2.33. The van der Waals surface area contributed by atoms with Crippen molar-refractivity contribution in [2.75, 3.05) is 17.2 Å². The highest BCUT2D eigenvalue weighted by atomic mass is 16.1. The Hall–Kier alpha value is -2.56. The van der Waals surface area contributed by atoms with Crippen LogP contribution in [-0.2, 0) is 11.3 Å². The van der Waals surface area contributed by atoms with E-state index >= 15 is 0 Å². The average molecular weight is 270 g/mol. The molecule has 0 bridgehead atoms. The Labute approximate surface area is 118 Å². The number of primary amides is 1. The Balaban J connectivity index is 2.23. The van der Waals surface area contributed by atoms with Crippen LogP contribution in [0.2, 0.25) is 0 Å². The van der Waals surface area contributed by atoms with Gasteiger partial charge in [-0.2, -0.15) is 0 Å². The maximum absolute atomic E-state index is 11.3. The number of benzene rings is 1. The Kier molecular flexibility index (Phi) is 4.20. The second kappa shape index (κ2) is 6.06. The zero-order chi connectivity index (χ0) is 14.5. The van der Waals surface area contributed by atoms with Crippen LogP contribution in [0.4, 0.5) is 11.4 Å². The van der Waals surface area contributed by atoms with Gasteiger partial charge in [0.1, 0.15) is 0 Å². The van der Waals surface area contributed by atoms with Gasteiger partial charge in [0.05, 0.1) is 6.54 Å². The molecule has 1 aromatic heterocycles. The number of amides is 1. The number of carbonyl (C=O) groups excluding carboxylic acids is 1. The molecule has 0 aliphatic carbocycles. The first kappa shape index (κ1) is 13.9. The lowest BCUT2D eigenvalue weighted by Gasteiger charge is -2.23. The number of rotatable bonds is 5. The zero-order valence-electron chi connectivity index (χ0n) is 11.4. The van der Waals surface area contributed by atoms with Crippen molar-refractivity contribution in [1.29, 1.82) is 0 Å². The fraction of sp³-hybridized carbons (Fsp3) is 0.200. The summed E-state index contributed by atoms with van der Waals surface area (Å²) >= 11 is 0. The second-order valence-corrected chi connectivity index (χ2v) is 4.72. The van der Waals surface area contributed by atoms with Crippen molar-refractivity contribution < 1.29 is 4.79 Å². The van der Waals surface area contributed by atoms with E-state index in [1.165, 1.54) is 0 Å². The van der Waals surface area contributed by atoms with E-state index in [1.54, 1.807) is 6.20 Å². The maximum Gasteiger partial charge on any atom is 0.236 e. The van der Waals surface area contributed by atoms with Crippen LogP contribution in [0.1, 0.15) is 11.3 Å². The van der Waals surface area contributed by atoms with Crippen molar-refractivity contribution in [3.8, 4) is 0 Å². The molecule has 5 heteroatoms. The fourth-order valence-electron chi connectivity index (χ4n) is 2.00. The average Bonchev–Trinajstić information content (AvgIpc) is 2.40. The topological polar surface area (TPSA) is 85.2 Å². The standard InChI is InChI=1S/C15H18N4O/c1-11-8-14(6-7-18-11)19(10-15(17)20)9-12-2-4-13(16)5-3-12/h2-8H,9-10,16H2,1H3,(H2,17,20). The first-order chi connectivity index (χ1) is 9.54. The Morgan fingerprint density at radius 3 is 2.55 bits per heavy atom. The normalized spacial score (nSPS) is 10.2. The molecule has 20 heavy (non-hydrogen) atoms. The summed E-state index contributed by atoms with van der Waals surface area (Å²) in [7, 11) is 0. The van der Waals surface area contributed by atoms with Gasteiger partial charge in [0.2, 0.25) is 5.91 Å². The summed E-state index contributed by atoms with van der Waals surface area (Å²) in [5.41, 5.74) is 14.6. The Morgan fingerprint density at radius 1 is 1.25 bits per heavy atom. The molecule has 0 saturated carbocycles. The molecule has 1 aromatic carbocycles. The summed E-state index contributed by atoms with van der Waals surface area (Å²) in [5, 5.41) is 0. The van der Waals surface area contributed by atoms with Crippen molar-refractivity contribution in [2.45, 2.75) is 13.5 Å². The summed E-state index contributed by atoms with van der Waals surface area (Å²) in [4.78, 5) is 17.3. The molecule has 1 heterocycles. The van der Waals surface area contributed by atoms with E-state index in [0.29, 0.717) is 6.54 Å². The molecular weight excluding hydrogens is 252 g/mol. The number of pyridine rings is 1. The lowest BCUT2D eigenvalue weighted by atomic mass is 10.2. The van der Waals surface area contributed by atoms with Crippen molar-refractivity contribution in [3.05, 3.63) is 53.9 Å². The summed E-state index contributed by atoms with van der Waals surface area (Å²) in [6, 6.07) is 11.4. The largest absolute Gasteiger partial charge is 0.399 e. The van der Waals surface area contributed by atoms with E-state index in [0.717, 1.165) is 22.6 Å². The minimum Gasteiger partial charge on any atom is -0.399 e. The summed E-state index contributed by atoms with van der Waals surface area (Å²) in [5.74, 6) is -0.366. The Morgan fingerprint density at radius 2 is 1.95 bits per heavy atom. The van der Waals surface area contributed by atoms with Gasteiger partial charge in [0, 0.05) is 29.8 Å². The van der Waals surface area contributed by atoms with Crippen molar-refractivity contribution in [3.63, 3.8) is 0 Å². The molecule has 0 fully saturated rings. The van der Waals surface area contributed by atoms with Crippen LogP contribution >= 0.6 is 0 Å². The summed E-state index contributed by atoms with van der Waals surface area (Å²) < 4.78 is 0. The van der Waals surface area contributed by atoms with Crippen molar-refractivity contribution in [1.82, 2.24) is 4.98 Å². The van der Waals surface area contributed by atoms with E-state index in [2.05, 4.69) is 4.98 Å². The minimum atomic E-state index is -0.366. The number of anilines is 2. The molecule has 0 aliphatic heterocycles. The van der Waals surface area contributed by atoms with Crippen molar-refractivity contribution >= 4 is 17.3 Å². The van der Waals surface area contributed by atoms with Gasteiger partial charge in [-0.1, -0.05) is 12.1 Å². The van der Waals surface area contributed by atoms with E-state index in [9.17, 15) is 4.79 Å². The minimum absolute atomic E-state index is 0.161. The van der Waals surface area contributed by atoms with Gasteiger partial charge in [-0.25, -0.2) is 0 Å². The van der Waals surface area contributed by atoms with Gasteiger partial charge >= 0.3 is 0 Å². The highest BCUT2D eigenvalue weighted by molar-refractivity contribution is 5.79. The van der Waals surface area contributed by atoms with Gasteiger partial charge in [0.25, 0.3) is 0 Å². The maximum atomic E-state index is 11.3. The number of nitrogen functional groups attached to an aromatic ring is 1. The lowest BCUT2D eigenvalue weighted by molar-refractivity contribution is -0.116. The van der Waals surface area contributed by atoms with Gasteiger partial charge < -0.3 is 16.4 Å². The van der Waals surface area contributed by atoms with E-state index in [-0.39, 0.29) is 12.5 Å². The highest BCUT2D eigenvalue weighted by Crippen LogP contribution is 2.18. The van der Waals surface area contributed by atoms with Crippen LogP contribution in [0.3, 0.4) is 0 Å². The fourth-order valence-corrected chi connectivity index (χ4v) is 2.00. The van der Waals surface area contributed by atoms with Crippen LogP contribution in [0.15, 0.2) is 42.6 Å². The molecule has 0 saturated heterocycles. The van der Waals surface area contributed by atoms with Gasteiger partial charge in [-0.3, -0.25) is 9.78 Å². The third-order valence-electron chi connectivity index (χ3n) is 2.95. The summed E-state index contributed by atoms with van der Waals surface area (Å²) in [6.07, 6.45) is 1.72. The first-order valence-electron chi connectivity index (χ1n) is 6.35. The molecule has 104 valence electrons. The van der Waals surface area contributed by atoms with Crippen LogP contribution in [0.5, 0.6) is 0 Å². The van der Waals surface area contributed by atoms with Gasteiger partial charge in [-0.15, -0.1) is 0 Å². The third-order valence-corrected chi connectivity index (χ3v) is 2.95. The molecule has 2 aromatic rings. The number of nitrogens with two attached hydrogens (primary N) is 2. The molecule has 4 N–H and O–H groups in total. The van der Waals surface area contributed by atoms with E-state index < -0.39 is 0 Å². The predicted octanol–water partition coefficient (Wildman–Crippen LogP) is 1.46. The molecule has 0 spiro atoms. The zero-order valence-corrected chi connectivity index (χ0v) is 11.4. The molecule has 0 atom stereocenters. The molecule has 0 aliphatic rings. The molecule has 0 radical (unpaired) electrons. The number of aromatic nitrogens is 1. The highest BCUT2D eigenvalue weighted by Gasteiger charge is 2.10. The SMILES string of the molecule is Cc1cc(N(CC(N)=O)Cc2ccc(N)cc2)ccn1. The van der Waals surface area contributed by atoms with Crippen LogP contribution in [0.25, 0.3) is 0 Å². The molecule has 2 rings (SSSR count). The number of hydrogen-bond acceptors (Lipinski definition) is 4. The van der Waals surface area contributed by atoms with Crippen molar-refractivity contribution in [2.24, 2.45) is 5.73 Å². The van der Waals surface area contributed by atoms with E-state index in [1.807, 2.05) is 48.2 Å². The monoisotopic (exact) mass is 270 g/mol. The first-order valence-corrected chi connectivity index (χ1v) is 6.35. The third kappa shape index (κ3) is 3.71. The number of aryl methyl sites for hydroxylation is 1. The predicted molar refractivity (Wildman–Crippen MR) is 80.1 cm³/mol. The molecule has 5 nitrogen and oxygen atoms in total. The molecule has 0 unspecified atom stereocenters. The summed E-state index contributed by atoms with van der Waals surface area (Å²) in [6.45, 7) is 2.66. The number of carbonyl (C=O) groups is 1. The molecular formula is C15H18N4O. The number of nitrogens with zero attached hydrogens (tertiary/aromatic N) is 2. The number of hydrogen-bond donors (Lipinski definition) is 2. The Bertz CT molecular complexity index is 595. The van der Waals surface area contributed by atoms with E-state index in [4.69, 9.17) is 11.5 Å². The smallest absolute Gasteiger partial charge is 0.236 e. The van der Waals surface area contributed by atoms with Crippen LogP contribution < -0.4 is 16.4 Å².